The van der Waals surface area contributed by atoms with Gasteiger partial charge in [-0.2, -0.15) is 0 Å². The van der Waals surface area contributed by atoms with Gasteiger partial charge in [-0.3, -0.25) is 0 Å². The minimum atomic E-state index is -0.0266. The SMILES string of the molecule is C1CNCCOC1.NC1CCCNC1.OC1CCNCC1. The minimum Gasteiger partial charge on any atom is -0.393 e. The van der Waals surface area contributed by atoms with E-state index in [1.54, 1.807) is 0 Å². The second-order valence-corrected chi connectivity index (χ2v) is 5.80. The average molecular weight is 302 g/mol. The Labute approximate surface area is 129 Å². The molecule has 0 saturated carbocycles. The Balaban J connectivity index is 0.000000157. The third-order valence-corrected chi connectivity index (χ3v) is 3.71. The highest BCUT2D eigenvalue weighted by Gasteiger charge is 2.07. The Kier molecular flexibility index (Phi) is 12.0. The van der Waals surface area contributed by atoms with E-state index < -0.39 is 0 Å². The summed E-state index contributed by atoms with van der Waals surface area (Å²) in [4.78, 5) is 0. The summed E-state index contributed by atoms with van der Waals surface area (Å²) in [5.74, 6) is 0. The Morgan fingerprint density at radius 3 is 2.05 bits per heavy atom. The number of piperidine rings is 2. The monoisotopic (exact) mass is 302 g/mol. The first-order valence-corrected chi connectivity index (χ1v) is 8.42. The molecule has 3 aliphatic rings. The maximum atomic E-state index is 8.87. The fraction of sp³-hybridized carbons (Fsp3) is 1.00. The fourth-order valence-electron chi connectivity index (χ4n) is 2.36. The van der Waals surface area contributed by atoms with Crippen molar-refractivity contribution in [3.63, 3.8) is 0 Å². The zero-order valence-corrected chi connectivity index (χ0v) is 13.3. The van der Waals surface area contributed by atoms with E-state index in [4.69, 9.17) is 15.6 Å². The molecule has 3 aliphatic heterocycles. The lowest BCUT2D eigenvalue weighted by Crippen LogP contribution is -2.39. The third kappa shape index (κ3) is 12.0. The first-order valence-electron chi connectivity index (χ1n) is 8.42. The number of ether oxygens (including phenoxy) is 1. The van der Waals surface area contributed by atoms with Crippen molar-refractivity contribution in [3.8, 4) is 0 Å². The molecule has 1 unspecified atom stereocenters. The highest BCUT2D eigenvalue weighted by atomic mass is 16.5. The molecular formula is C15H34N4O2. The molecule has 126 valence electrons. The standard InChI is InChI=1S/C5H12N2.2C5H11NO/c6-5-2-1-3-7-4-5;7-5-1-3-6-4-2-5;1-2-6-3-5-7-4-1/h5,7H,1-4,6H2;5-7H,1-4H2;6H,1-5H2. The van der Waals surface area contributed by atoms with E-state index in [0.717, 1.165) is 65.3 Å². The van der Waals surface area contributed by atoms with Crippen LogP contribution in [0.5, 0.6) is 0 Å². The molecule has 6 nitrogen and oxygen atoms in total. The number of aliphatic hydroxyl groups excluding tert-OH is 1. The molecule has 0 aromatic heterocycles. The zero-order chi connectivity index (χ0) is 15.2. The Hall–Kier alpha value is -0.240. The maximum absolute atomic E-state index is 8.87. The summed E-state index contributed by atoms with van der Waals surface area (Å²) in [7, 11) is 0. The molecule has 0 aromatic carbocycles. The van der Waals surface area contributed by atoms with Gasteiger partial charge in [-0.15, -0.1) is 0 Å². The van der Waals surface area contributed by atoms with E-state index in [1.165, 1.54) is 19.3 Å². The van der Waals surface area contributed by atoms with Crippen LogP contribution in [0, 0.1) is 0 Å². The van der Waals surface area contributed by atoms with Crippen LogP contribution in [0.2, 0.25) is 0 Å². The number of hydrogen-bond acceptors (Lipinski definition) is 6. The van der Waals surface area contributed by atoms with Gasteiger partial charge in [0.25, 0.3) is 0 Å². The van der Waals surface area contributed by atoms with Gasteiger partial charge in [0.1, 0.15) is 0 Å². The summed E-state index contributed by atoms with van der Waals surface area (Å²) >= 11 is 0. The summed E-state index contributed by atoms with van der Waals surface area (Å²) in [6.07, 6.45) is 5.45. The molecule has 3 fully saturated rings. The Bertz CT molecular complexity index is 184. The molecule has 3 heterocycles. The number of rotatable bonds is 0. The van der Waals surface area contributed by atoms with E-state index in [2.05, 4.69) is 16.0 Å². The number of hydrogen-bond donors (Lipinski definition) is 5. The van der Waals surface area contributed by atoms with E-state index >= 15 is 0 Å². The second kappa shape index (κ2) is 13.4. The summed E-state index contributed by atoms with van der Waals surface area (Å²) in [6, 6.07) is 0.425. The summed E-state index contributed by atoms with van der Waals surface area (Å²) in [5.41, 5.74) is 5.57. The smallest absolute Gasteiger partial charge is 0.0590 e. The summed E-state index contributed by atoms with van der Waals surface area (Å²) in [6.45, 7) is 8.13. The molecule has 0 spiro atoms. The molecule has 3 rings (SSSR count). The van der Waals surface area contributed by atoms with Crippen LogP contribution in [0.15, 0.2) is 0 Å². The largest absolute Gasteiger partial charge is 0.393 e. The van der Waals surface area contributed by atoms with Crippen molar-refractivity contribution in [1.29, 1.82) is 0 Å². The zero-order valence-electron chi connectivity index (χ0n) is 13.3. The van der Waals surface area contributed by atoms with E-state index in [0.29, 0.717) is 6.04 Å². The van der Waals surface area contributed by atoms with Crippen LogP contribution in [-0.2, 0) is 4.74 Å². The lowest BCUT2D eigenvalue weighted by atomic mass is 10.1. The van der Waals surface area contributed by atoms with Gasteiger partial charge in [-0.25, -0.2) is 0 Å². The molecule has 3 saturated heterocycles. The molecule has 0 aromatic rings. The van der Waals surface area contributed by atoms with Crippen molar-refractivity contribution in [3.05, 3.63) is 0 Å². The minimum absolute atomic E-state index is 0.0266. The van der Waals surface area contributed by atoms with Crippen LogP contribution >= 0.6 is 0 Å². The number of nitrogens with two attached hydrogens (primary N) is 1. The van der Waals surface area contributed by atoms with Crippen LogP contribution in [0.4, 0.5) is 0 Å². The molecular weight excluding hydrogens is 268 g/mol. The van der Waals surface area contributed by atoms with Crippen molar-refractivity contribution >= 4 is 0 Å². The van der Waals surface area contributed by atoms with Gasteiger partial charge in [0.15, 0.2) is 0 Å². The van der Waals surface area contributed by atoms with Crippen LogP contribution in [-0.4, -0.2) is 69.7 Å². The van der Waals surface area contributed by atoms with Crippen LogP contribution in [0.1, 0.15) is 32.1 Å². The lowest BCUT2D eigenvalue weighted by molar-refractivity contribution is 0.137. The predicted octanol–water partition coefficient (Wildman–Crippen LogP) is -0.576. The molecule has 0 bridgehead atoms. The van der Waals surface area contributed by atoms with E-state index in [1.807, 2.05) is 0 Å². The van der Waals surface area contributed by atoms with Crippen molar-refractivity contribution < 1.29 is 9.84 Å². The topological polar surface area (TPSA) is 91.6 Å². The first-order chi connectivity index (χ1) is 10.3. The van der Waals surface area contributed by atoms with Gasteiger partial charge in [0.2, 0.25) is 0 Å². The first kappa shape index (κ1) is 18.8. The van der Waals surface area contributed by atoms with Gasteiger partial charge in [0.05, 0.1) is 12.7 Å². The van der Waals surface area contributed by atoms with Crippen molar-refractivity contribution in [2.45, 2.75) is 44.2 Å². The Morgan fingerprint density at radius 1 is 0.810 bits per heavy atom. The highest BCUT2D eigenvalue weighted by molar-refractivity contribution is 4.69. The molecule has 1 atom stereocenters. The van der Waals surface area contributed by atoms with Crippen molar-refractivity contribution in [2.24, 2.45) is 5.73 Å². The molecule has 0 aliphatic carbocycles. The number of aliphatic hydroxyl groups is 1. The quantitative estimate of drug-likeness (QED) is 0.411. The molecule has 0 radical (unpaired) electrons. The van der Waals surface area contributed by atoms with Gasteiger partial charge in [0, 0.05) is 25.7 Å². The molecule has 6 N–H and O–H groups in total. The molecule has 6 heteroatoms. The summed E-state index contributed by atoms with van der Waals surface area (Å²) in [5, 5.41) is 18.5. The molecule has 0 amide bonds. The van der Waals surface area contributed by atoms with Crippen LogP contribution in [0.3, 0.4) is 0 Å². The normalized spacial score (nSPS) is 27.4. The van der Waals surface area contributed by atoms with E-state index in [9.17, 15) is 0 Å². The maximum Gasteiger partial charge on any atom is 0.0590 e. The summed E-state index contributed by atoms with van der Waals surface area (Å²) < 4.78 is 5.13. The van der Waals surface area contributed by atoms with Gasteiger partial charge < -0.3 is 31.5 Å². The van der Waals surface area contributed by atoms with Crippen molar-refractivity contribution in [1.82, 2.24) is 16.0 Å². The van der Waals surface area contributed by atoms with Crippen LogP contribution in [0.25, 0.3) is 0 Å². The van der Waals surface area contributed by atoms with Crippen LogP contribution < -0.4 is 21.7 Å². The predicted molar refractivity (Wildman–Crippen MR) is 86.5 cm³/mol. The van der Waals surface area contributed by atoms with Gasteiger partial charge in [-0.05, 0) is 58.3 Å². The van der Waals surface area contributed by atoms with Gasteiger partial charge >= 0.3 is 0 Å². The highest BCUT2D eigenvalue weighted by Crippen LogP contribution is 1.99. The lowest BCUT2D eigenvalue weighted by Gasteiger charge is -2.17. The van der Waals surface area contributed by atoms with E-state index in [-0.39, 0.29) is 6.10 Å². The number of nitrogens with one attached hydrogen (secondary N) is 3. The average Bonchev–Trinajstić information content (AvgIpc) is 2.83. The Morgan fingerprint density at radius 2 is 1.52 bits per heavy atom. The third-order valence-electron chi connectivity index (χ3n) is 3.71. The second-order valence-electron chi connectivity index (χ2n) is 5.80. The van der Waals surface area contributed by atoms with Gasteiger partial charge in [-0.1, -0.05) is 0 Å². The van der Waals surface area contributed by atoms with Crippen molar-refractivity contribution in [2.75, 3.05) is 52.5 Å². The molecule has 21 heavy (non-hydrogen) atoms. The fourth-order valence-corrected chi connectivity index (χ4v) is 2.36.